The summed E-state index contributed by atoms with van der Waals surface area (Å²) in [4.78, 5) is 11.5. The highest BCUT2D eigenvalue weighted by atomic mass is 16.6. The van der Waals surface area contributed by atoms with Gasteiger partial charge in [0, 0.05) is 22.9 Å². The number of piperidine rings is 1. The second kappa shape index (κ2) is 4.79. The van der Waals surface area contributed by atoms with Crippen LogP contribution in [0, 0.1) is 11.8 Å². The van der Waals surface area contributed by atoms with Gasteiger partial charge in [0.25, 0.3) is 0 Å². The standard InChI is InChI=1S/C13H26N2O3/c1-8-11(18-10(16)7-14)9(2)13(5,6)15(17)12(8,3)4/h8-9,11,17H,7,14H2,1-6H3. The molecule has 2 atom stereocenters. The molecule has 0 bridgehead atoms. The zero-order valence-corrected chi connectivity index (χ0v) is 12.2. The molecule has 1 heterocycles. The molecule has 5 heteroatoms. The van der Waals surface area contributed by atoms with Crippen molar-refractivity contribution >= 4 is 5.97 Å². The first kappa shape index (κ1) is 15.4. The van der Waals surface area contributed by atoms with Crippen molar-refractivity contribution in [3.63, 3.8) is 0 Å². The Labute approximate surface area is 109 Å². The van der Waals surface area contributed by atoms with Crippen LogP contribution in [0.3, 0.4) is 0 Å². The lowest BCUT2D eigenvalue weighted by molar-refractivity contribution is -0.296. The Morgan fingerprint density at radius 3 is 1.94 bits per heavy atom. The van der Waals surface area contributed by atoms with Crippen molar-refractivity contribution in [1.82, 2.24) is 5.06 Å². The van der Waals surface area contributed by atoms with Gasteiger partial charge in [0.1, 0.15) is 6.10 Å². The number of carbonyl (C=O) groups is 1. The van der Waals surface area contributed by atoms with Gasteiger partial charge in [-0.15, -0.1) is 0 Å². The van der Waals surface area contributed by atoms with Crippen LogP contribution in [0.25, 0.3) is 0 Å². The molecule has 3 N–H and O–H groups in total. The third kappa shape index (κ3) is 2.27. The zero-order valence-electron chi connectivity index (χ0n) is 12.2. The van der Waals surface area contributed by atoms with E-state index in [1.165, 1.54) is 5.06 Å². The molecule has 18 heavy (non-hydrogen) atoms. The van der Waals surface area contributed by atoms with Gasteiger partial charge in [-0.3, -0.25) is 4.79 Å². The van der Waals surface area contributed by atoms with E-state index in [9.17, 15) is 10.0 Å². The maximum Gasteiger partial charge on any atom is 0.319 e. The highest BCUT2D eigenvalue weighted by Gasteiger charge is 2.55. The predicted molar refractivity (Wildman–Crippen MR) is 69.0 cm³/mol. The third-order valence-electron chi connectivity index (χ3n) is 4.74. The Balaban J connectivity index is 3.07. The monoisotopic (exact) mass is 258 g/mol. The number of nitrogens with zero attached hydrogens (tertiary/aromatic N) is 1. The molecule has 1 rings (SSSR count). The maximum atomic E-state index is 11.5. The fourth-order valence-electron chi connectivity index (χ4n) is 2.77. The molecule has 0 aromatic rings. The van der Waals surface area contributed by atoms with Gasteiger partial charge in [0.2, 0.25) is 0 Å². The van der Waals surface area contributed by atoms with Crippen LogP contribution >= 0.6 is 0 Å². The van der Waals surface area contributed by atoms with Crippen molar-refractivity contribution < 1.29 is 14.7 Å². The molecule has 0 spiro atoms. The topological polar surface area (TPSA) is 75.8 Å². The average molecular weight is 258 g/mol. The lowest BCUT2D eigenvalue weighted by Gasteiger charge is -2.57. The van der Waals surface area contributed by atoms with Gasteiger partial charge in [-0.1, -0.05) is 13.8 Å². The quantitative estimate of drug-likeness (QED) is 0.732. The van der Waals surface area contributed by atoms with Crippen LogP contribution in [0.2, 0.25) is 0 Å². The number of nitrogens with two attached hydrogens (primary N) is 1. The van der Waals surface area contributed by atoms with Gasteiger partial charge in [-0.25, -0.2) is 0 Å². The van der Waals surface area contributed by atoms with E-state index in [2.05, 4.69) is 0 Å². The first-order chi connectivity index (χ1) is 8.06. The third-order valence-corrected chi connectivity index (χ3v) is 4.74. The summed E-state index contributed by atoms with van der Waals surface area (Å²) in [6.07, 6.45) is -0.241. The summed E-state index contributed by atoms with van der Waals surface area (Å²) >= 11 is 0. The molecular formula is C13H26N2O3. The van der Waals surface area contributed by atoms with Crippen molar-refractivity contribution in [2.75, 3.05) is 6.54 Å². The van der Waals surface area contributed by atoms with Crippen molar-refractivity contribution in [3.05, 3.63) is 0 Å². The number of carbonyl (C=O) groups excluding carboxylic acids is 1. The molecule has 1 aliphatic heterocycles. The minimum Gasteiger partial charge on any atom is -0.461 e. The van der Waals surface area contributed by atoms with E-state index >= 15 is 0 Å². The largest absolute Gasteiger partial charge is 0.461 e. The van der Waals surface area contributed by atoms with E-state index in [1.807, 2.05) is 41.5 Å². The first-order valence-electron chi connectivity index (χ1n) is 6.45. The first-order valence-corrected chi connectivity index (χ1v) is 6.45. The molecule has 2 unspecified atom stereocenters. The fraction of sp³-hybridized carbons (Fsp3) is 0.923. The van der Waals surface area contributed by atoms with E-state index in [1.54, 1.807) is 0 Å². The second-order valence-corrected chi connectivity index (χ2v) is 6.36. The lowest BCUT2D eigenvalue weighted by atomic mass is 9.67. The Morgan fingerprint density at radius 1 is 1.22 bits per heavy atom. The smallest absolute Gasteiger partial charge is 0.319 e. The van der Waals surface area contributed by atoms with Crippen molar-refractivity contribution in [2.24, 2.45) is 17.6 Å². The van der Waals surface area contributed by atoms with Crippen molar-refractivity contribution in [2.45, 2.75) is 58.7 Å². The van der Waals surface area contributed by atoms with Crippen molar-refractivity contribution in [1.29, 1.82) is 0 Å². The molecule has 1 fully saturated rings. The number of hydroxylamine groups is 2. The molecule has 1 aliphatic rings. The molecule has 0 radical (unpaired) electrons. The summed E-state index contributed by atoms with van der Waals surface area (Å²) < 4.78 is 5.48. The zero-order chi connectivity index (χ0) is 14.3. The Morgan fingerprint density at radius 2 is 1.61 bits per heavy atom. The maximum absolute atomic E-state index is 11.5. The Bertz CT molecular complexity index is 306. The summed E-state index contributed by atoms with van der Waals surface area (Å²) in [7, 11) is 0. The SMILES string of the molecule is CC1C(OC(=O)CN)C(C)C(C)(C)N(O)C1(C)C. The normalized spacial score (nSPS) is 35.2. The van der Waals surface area contributed by atoms with E-state index in [0.717, 1.165) is 0 Å². The van der Waals surface area contributed by atoms with E-state index in [-0.39, 0.29) is 24.5 Å². The number of hydrogen-bond donors (Lipinski definition) is 2. The van der Waals surface area contributed by atoms with Gasteiger partial charge in [0.05, 0.1) is 6.54 Å². The molecule has 1 saturated heterocycles. The van der Waals surface area contributed by atoms with Crippen LogP contribution in [0.4, 0.5) is 0 Å². The van der Waals surface area contributed by atoms with Crippen LogP contribution < -0.4 is 5.73 Å². The van der Waals surface area contributed by atoms with Crippen LogP contribution in [0.1, 0.15) is 41.5 Å². The van der Waals surface area contributed by atoms with E-state index in [0.29, 0.717) is 0 Å². The minimum atomic E-state index is -0.463. The Hall–Kier alpha value is -0.650. The summed E-state index contributed by atoms with van der Waals surface area (Å²) in [6.45, 7) is 11.7. The fourth-order valence-corrected chi connectivity index (χ4v) is 2.77. The molecular weight excluding hydrogens is 232 g/mol. The van der Waals surface area contributed by atoms with Crippen LogP contribution in [-0.4, -0.2) is 40.0 Å². The van der Waals surface area contributed by atoms with Crippen molar-refractivity contribution in [3.8, 4) is 0 Å². The molecule has 0 saturated carbocycles. The van der Waals surface area contributed by atoms with Gasteiger partial charge >= 0.3 is 5.97 Å². The number of esters is 1. The highest BCUT2D eigenvalue weighted by Crippen LogP contribution is 2.45. The molecule has 5 nitrogen and oxygen atoms in total. The van der Waals surface area contributed by atoms with Crippen LogP contribution in [0.5, 0.6) is 0 Å². The number of rotatable bonds is 2. The summed E-state index contributed by atoms with van der Waals surface area (Å²) in [5, 5.41) is 11.8. The number of hydrogen-bond acceptors (Lipinski definition) is 5. The molecule has 106 valence electrons. The second-order valence-electron chi connectivity index (χ2n) is 6.36. The molecule has 0 aromatic heterocycles. The molecule has 0 aromatic carbocycles. The summed E-state index contributed by atoms with van der Waals surface area (Å²) in [5.74, 6) is -0.362. The van der Waals surface area contributed by atoms with E-state index in [4.69, 9.17) is 10.5 Å². The van der Waals surface area contributed by atoms with Crippen LogP contribution in [0.15, 0.2) is 0 Å². The van der Waals surface area contributed by atoms with Crippen LogP contribution in [-0.2, 0) is 9.53 Å². The van der Waals surface area contributed by atoms with Gasteiger partial charge in [0.15, 0.2) is 0 Å². The van der Waals surface area contributed by atoms with Gasteiger partial charge in [-0.05, 0) is 27.7 Å². The highest BCUT2D eigenvalue weighted by molar-refractivity contribution is 5.71. The minimum absolute atomic E-state index is 0.0148. The summed E-state index contributed by atoms with van der Waals surface area (Å²) in [5.41, 5.74) is 4.38. The predicted octanol–water partition coefficient (Wildman–Crippen LogP) is 1.39. The number of ether oxygens (including phenoxy) is 1. The summed E-state index contributed by atoms with van der Waals surface area (Å²) in [6, 6.07) is 0. The van der Waals surface area contributed by atoms with Gasteiger partial charge < -0.3 is 15.7 Å². The molecule has 0 amide bonds. The Kier molecular flexibility index (Phi) is 4.10. The van der Waals surface area contributed by atoms with E-state index < -0.39 is 17.0 Å². The van der Waals surface area contributed by atoms with Gasteiger partial charge in [-0.2, -0.15) is 5.06 Å². The molecule has 0 aliphatic carbocycles. The lowest BCUT2D eigenvalue weighted by Crippen LogP contribution is -2.69. The average Bonchev–Trinajstić information content (AvgIpc) is 2.31.